The maximum atomic E-state index is 12.2. The van der Waals surface area contributed by atoms with E-state index in [2.05, 4.69) is 5.32 Å². The van der Waals surface area contributed by atoms with Crippen LogP contribution in [0.25, 0.3) is 11.0 Å². The standard InChI is InChI=1S/C21H18N2O4/c1-13-3-8-18-16(12-26-19(18)9-13)10-20(24)27-14(2)21(25)23-17-6-4-15(11-22)5-7-17/h3-9,12,14H,10H2,1-2H3,(H,23,25)/t14-/m1/s1. The molecule has 1 aromatic heterocycles. The third-order valence-electron chi connectivity index (χ3n) is 4.10. The fourth-order valence-corrected chi connectivity index (χ4v) is 2.65. The summed E-state index contributed by atoms with van der Waals surface area (Å²) in [5, 5.41) is 12.3. The van der Waals surface area contributed by atoms with Gasteiger partial charge in [-0.1, -0.05) is 12.1 Å². The Labute approximate surface area is 156 Å². The third-order valence-corrected chi connectivity index (χ3v) is 4.10. The second-order valence-electron chi connectivity index (χ2n) is 6.25. The first-order valence-corrected chi connectivity index (χ1v) is 8.43. The number of amides is 1. The normalized spacial score (nSPS) is 11.6. The first-order chi connectivity index (χ1) is 13.0. The van der Waals surface area contributed by atoms with Gasteiger partial charge in [-0.15, -0.1) is 0 Å². The lowest BCUT2D eigenvalue weighted by molar-refractivity contribution is -0.152. The number of benzene rings is 2. The van der Waals surface area contributed by atoms with Gasteiger partial charge in [-0.25, -0.2) is 0 Å². The molecule has 0 bridgehead atoms. The molecule has 0 saturated carbocycles. The van der Waals surface area contributed by atoms with Crippen LogP contribution in [-0.4, -0.2) is 18.0 Å². The zero-order chi connectivity index (χ0) is 19.4. The minimum Gasteiger partial charge on any atom is -0.464 e. The van der Waals surface area contributed by atoms with Gasteiger partial charge in [-0.05, 0) is 49.7 Å². The van der Waals surface area contributed by atoms with E-state index in [1.165, 1.54) is 13.2 Å². The highest BCUT2D eigenvalue weighted by molar-refractivity contribution is 5.95. The van der Waals surface area contributed by atoms with Gasteiger partial charge in [0, 0.05) is 16.6 Å². The van der Waals surface area contributed by atoms with Gasteiger partial charge in [0.1, 0.15) is 5.58 Å². The van der Waals surface area contributed by atoms with Gasteiger partial charge in [0.05, 0.1) is 24.3 Å². The molecule has 6 nitrogen and oxygen atoms in total. The Morgan fingerprint density at radius 1 is 1.22 bits per heavy atom. The van der Waals surface area contributed by atoms with E-state index >= 15 is 0 Å². The van der Waals surface area contributed by atoms with Crippen LogP contribution in [0.4, 0.5) is 5.69 Å². The summed E-state index contributed by atoms with van der Waals surface area (Å²) in [5.41, 5.74) is 3.52. The minimum atomic E-state index is -0.950. The van der Waals surface area contributed by atoms with Crippen molar-refractivity contribution in [3.05, 3.63) is 65.4 Å². The molecule has 1 atom stereocenters. The second-order valence-corrected chi connectivity index (χ2v) is 6.25. The fraction of sp³-hybridized carbons (Fsp3) is 0.190. The summed E-state index contributed by atoms with van der Waals surface area (Å²) in [4.78, 5) is 24.4. The van der Waals surface area contributed by atoms with Crippen molar-refractivity contribution >= 4 is 28.5 Å². The summed E-state index contributed by atoms with van der Waals surface area (Å²) in [6.45, 7) is 3.47. The van der Waals surface area contributed by atoms with Crippen molar-refractivity contribution in [3.8, 4) is 6.07 Å². The molecule has 136 valence electrons. The van der Waals surface area contributed by atoms with Crippen LogP contribution in [0.5, 0.6) is 0 Å². The maximum Gasteiger partial charge on any atom is 0.311 e. The summed E-state index contributed by atoms with van der Waals surface area (Å²) in [5.74, 6) is -0.957. The second kappa shape index (κ2) is 7.75. The van der Waals surface area contributed by atoms with Gasteiger partial charge in [0.25, 0.3) is 5.91 Å². The molecular formula is C21H18N2O4. The molecule has 1 N–H and O–H groups in total. The van der Waals surface area contributed by atoms with Crippen LogP contribution in [0.1, 0.15) is 23.6 Å². The molecule has 3 rings (SSSR count). The van der Waals surface area contributed by atoms with E-state index in [4.69, 9.17) is 14.4 Å². The SMILES string of the molecule is Cc1ccc2c(CC(=O)O[C@H](C)C(=O)Nc3ccc(C#N)cc3)coc2c1. The number of anilines is 1. The predicted molar refractivity (Wildman–Crippen MR) is 100.0 cm³/mol. The number of hydrogen-bond acceptors (Lipinski definition) is 5. The Bertz CT molecular complexity index is 1030. The molecule has 1 amide bonds. The van der Waals surface area contributed by atoms with Crippen LogP contribution in [0.3, 0.4) is 0 Å². The molecule has 0 aliphatic heterocycles. The fourth-order valence-electron chi connectivity index (χ4n) is 2.65. The quantitative estimate of drug-likeness (QED) is 0.698. The van der Waals surface area contributed by atoms with E-state index < -0.39 is 18.0 Å². The van der Waals surface area contributed by atoms with Gasteiger partial charge in [0.15, 0.2) is 6.10 Å². The number of rotatable bonds is 5. The van der Waals surface area contributed by atoms with E-state index in [9.17, 15) is 9.59 Å². The highest BCUT2D eigenvalue weighted by Crippen LogP contribution is 2.23. The Kier molecular flexibility index (Phi) is 5.23. The van der Waals surface area contributed by atoms with Gasteiger partial charge in [-0.3, -0.25) is 9.59 Å². The highest BCUT2D eigenvalue weighted by atomic mass is 16.5. The number of ether oxygens (including phenoxy) is 1. The summed E-state index contributed by atoms with van der Waals surface area (Å²) in [7, 11) is 0. The average molecular weight is 362 g/mol. The minimum absolute atomic E-state index is 0.0184. The lowest BCUT2D eigenvalue weighted by Gasteiger charge is -2.13. The molecule has 0 fully saturated rings. The molecule has 0 aliphatic carbocycles. The van der Waals surface area contributed by atoms with Crippen molar-refractivity contribution in [2.75, 3.05) is 5.32 Å². The van der Waals surface area contributed by atoms with Crippen LogP contribution in [0.2, 0.25) is 0 Å². The van der Waals surface area contributed by atoms with Crippen molar-refractivity contribution in [2.45, 2.75) is 26.4 Å². The summed E-state index contributed by atoms with van der Waals surface area (Å²) < 4.78 is 10.7. The van der Waals surface area contributed by atoms with Crippen LogP contribution >= 0.6 is 0 Å². The van der Waals surface area contributed by atoms with Crippen LogP contribution in [0.15, 0.2) is 53.1 Å². The number of esters is 1. The van der Waals surface area contributed by atoms with Crippen LogP contribution in [-0.2, 0) is 20.7 Å². The van der Waals surface area contributed by atoms with Crippen molar-refractivity contribution in [1.82, 2.24) is 0 Å². The van der Waals surface area contributed by atoms with E-state index in [-0.39, 0.29) is 6.42 Å². The molecule has 2 aromatic carbocycles. The molecule has 0 radical (unpaired) electrons. The Balaban J connectivity index is 1.59. The highest BCUT2D eigenvalue weighted by Gasteiger charge is 2.19. The zero-order valence-electron chi connectivity index (χ0n) is 15.0. The predicted octanol–water partition coefficient (Wildman–Crippen LogP) is 3.73. The number of carbonyl (C=O) groups is 2. The van der Waals surface area contributed by atoms with E-state index in [1.54, 1.807) is 24.3 Å². The summed E-state index contributed by atoms with van der Waals surface area (Å²) in [6.07, 6.45) is 0.603. The van der Waals surface area contributed by atoms with Crippen LogP contribution in [0, 0.1) is 18.3 Å². The Hall–Kier alpha value is -3.59. The molecule has 0 saturated heterocycles. The van der Waals surface area contributed by atoms with Crippen molar-refractivity contribution in [3.63, 3.8) is 0 Å². The number of fused-ring (bicyclic) bond motifs is 1. The average Bonchev–Trinajstić information content (AvgIpc) is 3.03. The zero-order valence-corrected chi connectivity index (χ0v) is 15.0. The summed E-state index contributed by atoms with van der Waals surface area (Å²) >= 11 is 0. The first-order valence-electron chi connectivity index (χ1n) is 8.43. The van der Waals surface area contributed by atoms with Gasteiger partial charge < -0.3 is 14.5 Å². The number of furan rings is 1. The summed E-state index contributed by atoms with van der Waals surface area (Å²) in [6, 6.07) is 14.2. The third kappa shape index (κ3) is 4.33. The van der Waals surface area contributed by atoms with Crippen LogP contribution < -0.4 is 5.32 Å². The van der Waals surface area contributed by atoms with E-state index in [0.29, 0.717) is 16.8 Å². The number of hydrogen-bond donors (Lipinski definition) is 1. The molecule has 0 aliphatic rings. The molecule has 6 heteroatoms. The molecule has 0 spiro atoms. The van der Waals surface area contributed by atoms with E-state index in [1.807, 2.05) is 31.2 Å². The molecule has 3 aromatic rings. The van der Waals surface area contributed by atoms with Crippen molar-refractivity contribution in [2.24, 2.45) is 0 Å². The lowest BCUT2D eigenvalue weighted by Crippen LogP contribution is -2.30. The number of nitriles is 1. The number of nitrogens with zero attached hydrogens (tertiary/aromatic N) is 1. The topological polar surface area (TPSA) is 92.3 Å². The van der Waals surface area contributed by atoms with Crippen molar-refractivity contribution in [1.29, 1.82) is 5.26 Å². The van der Waals surface area contributed by atoms with Gasteiger partial charge >= 0.3 is 5.97 Å². The van der Waals surface area contributed by atoms with Crippen molar-refractivity contribution < 1.29 is 18.7 Å². The first kappa shape index (κ1) is 18.2. The Morgan fingerprint density at radius 3 is 2.67 bits per heavy atom. The van der Waals surface area contributed by atoms with Gasteiger partial charge in [0.2, 0.25) is 0 Å². The van der Waals surface area contributed by atoms with E-state index in [0.717, 1.165) is 16.5 Å². The molecular weight excluding hydrogens is 344 g/mol. The number of nitrogens with one attached hydrogen (secondary N) is 1. The molecule has 1 heterocycles. The molecule has 0 unspecified atom stereocenters. The Morgan fingerprint density at radius 2 is 1.96 bits per heavy atom. The molecule has 27 heavy (non-hydrogen) atoms. The number of carbonyl (C=O) groups excluding carboxylic acids is 2. The van der Waals surface area contributed by atoms with Gasteiger partial charge in [-0.2, -0.15) is 5.26 Å². The largest absolute Gasteiger partial charge is 0.464 e. The lowest BCUT2D eigenvalue weighted by atomic mass is 10.1. The maximum absolute atomic E-state index is 12.2. The smallest absolute Gasteiger partial charge is 0.311 e. The monoisotopic (exact) mass is 362 g/mol. The number of aryl methyl sites for hydroxylation is 1.